The third-order valence-electron chi connectivity index (χ3n) is 2.86. The highest BCUT2D eigenvalue weighted by Crippen LogP contribution is 2.08. The Balaban J connectivity index is 3.08. The summed E-state index contributed by atoms with van der Waals surface area (Å²) in [6, 6.07) is 9.86. The lowest BCUT2D eigenvalue weighted by Crippen LogP contribution is -2.29. The number of oxime groups is 1. The summed E-state index contributed by atoms with van der Waals surface area (Å²) in [6.45, 7) is 8.19. The summed E-state index contributed by atoms with van der Waals surface area (Å²) in [5.74, 6) is 2.79. The third kappa shape index (κ3) is 7.66. The number of benzene rings is 1. The van der Waals surface area contributed by atoms with E-state index in [1.54, 1.807) is 6.92 Å². The van der Waals surface area contributed by atoms with E-state index in [0.29, 0.717) is 18.6 Å². The second kappa shape index (κ2) is 9.16. The van der Waals surface area contributed by atoms with Crippen molar-refractivity contribution >= 4 is 19.8 Å². The first kappa shape index (κ1) is 19.0. The highest BCUT2D eigenvalue weighted by Gasteiger charge is 2.20. The summed E-state index contributed by atoms with van der Waals surface area (Å²) in [5, 5.41) is 4.06. The molecule has 0 amide bonds. The van der Waals surface area contributed by atoms with Gasteiger partial charge in [-0.1, -0.05) is 68.0 Å². The molecule has 1 aromatic rings. The molecule has 0 aliphatic heterocycles. The van der Waals surface area contributed by atoms with Crippen LogP contribution in [0.15, 0.2) is 35.5 Å². The van der Waals surface area contributed by atoms with Crippen molar-refractivity contribution in [3.63, 3.8) is 0 Å². The molecule has 4 nitrogen and oxygen atoms in total. The maximum Gasteiger partial charge on any atom is 0.307 e. The van der Waals surface area contributed by atoms with Crippen molar-refractivity contribution in [1.82, 2.24) is 0 Å². The smallest absolute Gasteiger partial charge is 0.307 e. The van der Waals surface area contributed by atoms with E-state index >= 15 is 0 Å². The van der Waals surface area contributed by atoms with Crippen LogP contribution in [0.2, 0.25) is 19.6 Å². The number of rotatable bonds is 6. The maximum atomic E-state index is 11.7. The lowest BCUT2D eigenvalue weighted by atomic mass is 10.0. The summed E-state index contributed by atoms with van der Waals surface area (Å²) >= 11 is 0. The Kier molecular flexibility index (Phi) is 7.56. The second-order valence-electron chi connectivity index (χ2n) is 6.17. The standard InChI is InChI=1S/C18H25NO3Si/c1-6-18(20)22-17(12-13-23(3,4)5)16(19-21-2)14-15-10-8-7-9-11-15/h7-11,17H,6,14H2,1-5H3/b19-16+. The first-order chi connectivity index (χ1) is 10.9. The quantitative estimate of drug-likeness (QED) is 0.264. The molecular formula is C18H25NO3Si. The number of hydrogen-bond acceptors (Lipinski definition) is 4. The summed E-state index contributed by atoms with van der Waals surface area (Å²) in [4.78, 5) is 16.7. The first-order valence-corrected chi connectivity index (χ1v) is 11.2. The first-order valence-electron chi connectivity index (χ1n) is 7.71. The number of nitrogens with zero attached hydrogens (tertiary/aromatic N) is 1. The van der Waals surface area contributed by atoms with Gasteiger partial charge in [0, 0.05) is 12.8 Å². The lowest BCUT2D eigenvalue weighted by molar-refractivity contribution is -0.143. The molecule has 0 radical (unpaired) electrons. The minimum atomic E-state index is -1.59. The van der Waals surface area contributed by atoms with E-state index in [-0.39, 0.29) is 5.97 Å². The van der Waals surface area contributed by atoms with Gasteiger partial charge < -0.3 is 9.57 Å². The predicted octanol–water partition coefficient (Wildman–Crippen LogP) is 3.43. The minimum Gasteiger partial charge on any atom is -0.443 e. The van der Waals surface area contributed by atoms with Crippen LogP contribution in [0.25, 0.3) is 0 Å². The van der Waals surface area contributed by atoms with E-state index in [0.717, 1.165) is 5.56 Å². The molecule has 23 heavy (non-hydrogen) atoms. The molecule has 0 aliphatic rings. The zero-order valence-corrected chi connectivity index (χ0v) is 15.6. The Morgan fingerprint density at radius 1 is 1.26 bits per heavy atom. The molecule has 1 aromatic carbocycles. The largest absolute Gasteiger partial charge is 0.443 e. The summed E-state index contributed by atoms with van der Waals surface area (Å²) in [7, 11) is -0.109. The fourth-order valence-electron chi connectivity index (χ4n) is 1.77. The number of esters is 1. The van der Waals surface area contributed by atoms with E-state index in [1.165, 1.54) is 7.11 Å². The molecular weight excluding hydrogens is 306 g/mol. The van der Waals surface area contributed by atoms with Gasteiger partial charge >= 0.3 is 5.97 Å². The predicted molar refractivity (Wildman–Crippen MR) is 95.9 cm³/mol. The summed E-state index contributed by atoms with van der Waals surface area (Å²) in [6.07, 6.45) is 0.155. The molecule has 124 valence electrons. The van der Waals surface area contributed by atoms with Crippen LogP contribution in [0.3, 0.4) is 0 Å². The van der Waals surface area contributed by atoms with E-state index in [9.17, 15) is 4.79 Å². The molecule has 1 atom stereocenters. The Labute approximate surface area is 139 Å². The lowest BCUT2D eigenvalue weighted by Gasteiger charge is -2.15. The van der Waals surface area contributed by atoms with Gasteiger partial charge in [0.25, 0.3) is 0 Å². The summed E-state index contributed by atoms with van der Waals surface area (Å²) in [5.41, 5.74) is 4.92. The molecule has 1 unspecified atom stereocenters. The minimum absolute atomic E-state index is 0.295. The van der Waals surface area contributed by atoms with Gasteiger partial charge in [-0.05, 0) is 5.56 Å². The molecule has 0 spiro atoms. The van der Waals surface area contributed by atoms with Gasteiger partial charge in [-0.3, -0.25) is 4.79 Å². The number of carbonyl (C=O) groups excluding carboxylic acids is 1. The molecule has 5 heteroatoms. The van der Waals surface area contributed by atoms with Crippen LogP contribution in [-0.4, -0.2) is 33.0 Å². The van der Waals surface area contributed by atoms with E-state index in [1.807, 2.05) is 30.3 Å². The van der Waals surface area contributed by atoms with Gasteiger partial charge in [-0.15, -0.1) is 5.54 Å². The van der Waals surface area contributed by atoms with E-state index < -0.39 is 14.2 Å². The normalized spacial score (nSPS) is 12.8. The monoisotopic (exact) mass is 331 g/mol. The van der Waals surface area contributed by atoms with Crippen LogP contribution in [0.4, 0.5) is 0 Å². The second-order valence-corrected chi connectivity index (χ2v) is 10.9. The van der Waals surface area contributed by atoms with Gasteiger partial charge in [0.1, 0.15) is 20.9 Å². The van der Waals surface area contributed by atoms with Gasteiger partial charge in [0.15, 0.2) is 0 Å². The Morgan fingerprint density at radius 2 is 1.91 bits per heavy atom. The summed E-state index contributed by atoms with van der Waals surface area (Å²) < 4.78 is 5.48. The van der Waals surface area contributed by atoms with Crippen LogP contribution in [0.5, 0.6) is 0 Å². The van der Waals surface area contributed by atoms with Crippen molar-refractivity contribution < 1.29 is 14.4 Å². The molecule has 0 fully saturated rings. The fraction of sp³-hybridized carbons (Fsp3) is 0.444. The zero-order valence-electron chi connectivity index (χ0n) is 14.6. The van der Waals surface area contributed by atoms with Crippen molar-refractivity contribution in [2.24, 2.45) is 5.16 Å². The van der Waals surface area contributed by atoms with Gasteiger partial charge in [0.05, 0.1) is 0 Å². The van der Waals surface area contributed by atoms with Crippen LogP contribution in [0.1, 0.15) is 18.9 Å². The Bertz CT molecular complexity index is 594. The molecule has 1 rings (SSSR count). The van der Waals surface area contributed by atoms with Crippen LogP contribution < -0.4 is 0 Å². The molecule has 0 N–H and O–H groups in total. The Morgan fingerprint density at radius 3 is 2.43 bits per heavy atom. The van der Waals surface area contributed by atoms with Gasteiger partial charge in [-0.2, -0.15) is 0 Å². The highest BCUT2D eigenvalue weighted by atomic mass is 28.3. The van der Waals surface area contributed by atoms with Crippen LogP contribution in [-0.2, 0) is 20.8 Å². The molecule has 0 aromatic heterocycles. The fourth-order valence-corrected chi connectivity index (χ4v) is 2.34. The topological polar surface area (TPSA) is 47.9 Å². The molecule has 0 saturated carbocycles. The molecule has 0 bridgehead atoms. The average Bonchev–Trinajstić information content (AvgIpc) is 2.51. The van der Waals surface area contributed by atoms with E-state index in [4.69, 9.17) is 9.57 Å². The average molecular weight is 331 g/mol. The number of hydrogen-bond donors (Lipinski definition) is 0. The third-order valence-corrected chi connectivity index (χ3v) is 3.75. The van der Waals surface area contributed by atoms with E-state index in [2.05, 4.69) is 36.3 Å². The van der Waals surface area contributed by atoms with Crippen molar-refractivity contribution in [1.29, 1.82) is 0 Å². The van der Waals surface area contributed by atoms with Crippen LogP contribution >= 0.6 is 0 Å². The number of carbonyl (C=O) groups is 1. The Hall–Kier alpha value is -2.06. The maximum absolute atomic E-state index is 11.7. The molecule has 0 saturated heterocycles. The zero-order chi connectivity index (χ0) is 17.3. The molecule has 0 aliphatic carbocycles. The van der Waals surface area contributed by atoms with Crippen molar-refractivity contribution in [2.75, 3.05) is 7.11 Å². The number of ether oxygens (including phenoxy) is 1. The molecule has 0 heterocycles. The SMILES string of the molecule is CCC(=O)OC(C#C[Si](C)(C)C)/C(Cc1ccccc1)=N/OC. The van der Waals surface area contributed by atoms with Crippen molar-refractivity contribution in [2.45, 2.75) is 45.5 Å². The van der Waals surface area contributed by atoms with Crippen molar-refractivity contribution in [3.8, 4) is 11.5 Å². The highest BCUT2D eigenvalue weighted by molar-refractivity contribution is 6.83. The van der Waals surface area contributed by atoms with Crippen molar-refractivity contribution in [3.05, 3.63) is 35.9 Å². The van der Waals surface area contributed by atoms with Crippen LogP contribution in [0, 0.1) is 11.5 Å². The van der Waals surface area contributed by atoms with Gasteiger partial charge in [-0.25, -0.2) is 0 Å². The van der Waals surface area contributed by atoms with Gasteiger partial charge in [0.2, 0.25) is 6.10 Å².